The predicted molar refractivity (Wildman–Crippen MR) is 126 cm³/mol. The second kappa shape index (κ2) is 7.64. The van der Waals surface area contributed by atoms with E-state index in [1.54, 1.807) is 0 Å². The highest BCUT2D eigenvalue weighted by molar-refractivity contribution is 6.25. The third-order valence-corrected chi connectivity index (χ3v) is 6.61. The molecule has 1 aliphatic heterocycles. The smallest absolute Gasteiger partial charge is 0.163 e. The summed E-state index contributed by atoms with van der Waals surface area (Å²) in [6.45, 7) is 6.38. The van der Waals surface area contributed by atoms with Gasteiger partial charge in [-0.2, -0.15) is 0 Å². The summed E-state index contributed by atoms with van der Waals surface area (Å²) < 4.78 is 0. The highest BCUT2D eigenvalue weighted by Crippen LogP contribution is 2.46. The molecule has 152 valence electrons. The van der Waals surface area contributed by atoms with Gasteiger partial charge in [0, 0.05) is 42.0 Å². The fraction of sp³-hybridized carbons (Fsp3) is 0.296. The number of ketones is 1. The number of nitrogens with one attached hydrogen (secondary N) is 1. The minimum absolute atomic E-state index is 0.0589. The molecule has 1 heterocycles. The average Bonchev–Trinajstić information content (AvgIpc) is 2.78. The highest BCUT2D eigenvalue weighted by Gasteiger charge is 2.33. The van der Waals surface area contributed by atoms with Crippen LogP contribution in [0.25, 0.3) is 16.3 Å². The number of Topliss-reactive ketones (excluding diaryl/α,β-unsaturated/α-hetero) is 1. The minimum atomic E-state index is 0.0589. The number of allylic oxidation sites excluding steroid dienone is 1. The molecule has 3 nitrogen and oxygen atoms in total. The van der Waals surface area contributed by atoms with Gasteiger partial charge in [-0.05, 0) is 72.9 Å². The largest absolute Gasteiger partial charge is 0.374 e. The maximum atomic E-state index is 13.0. The lowest BCUT2D eigenvalue weighted by Crippen LogP contribution is -2.26. The molecule has 3 aromatic carbocycles. The summed E-state index contributed by atoms with van der Waals surface area (Å²) in [5.41, 5.74) is 6.83. The Morgan fingerprint density at radius 3 is 2.33 bits per heavy atom. The number of fused-ring (bicyclic) bond motifs is 3. The fourth-order valence-electron chi connectivity index (χ4n) is 5.04. The van der Waals surface area contributed by atoms with E-state index < -0.39 is 0 Å². The summed E-state index contributed by atoms with van der Waals surface area (Å²) >= 11 is 0. The molecular weight excluding hydrogens is 368 g/mol. The Hall–Kier alpha value is -3.07. The topological polar surface area (TPSA) is 32.3 Å². The molecule has 0 amide bonds. The molecule has 1 aliphatic carbocycles. The first-order valence-corrected chi connectivity index (χ1v) is 11.1. The van der Waals surface area contributed by atoms with E-state index in [1.165, 1.54) is 27.6 Å². The molecule has 0 aromatic heterocycles. The SMILES string of the molecule is CCN(CC)c1ccc([C@@H]2Nc3cc4ccccc4cc3C3=C2CCCC3=O)cc1. The van der Waals surface area contributed by atoms with Crippen LogP contribution in [-0.2, 0) is 4.79 Å². The van der Waals surface area contributed by atoms with Crippen LogP contribution in [0.5, 0.6) is 0 Å². The van der Waals surface area contributed by atoms with E-state index in [1.807, 2.05) is 0 Å². The van der Waals surface area contributed by atoms with Crippen LogP contribution in [0.3, 0.4) is 0 Å². The zero-order valence-electron chi connectivity index (χ0n) is 17.7. The van der Waals surface area contributed by atoms with Crippen LogP contribution in [0.1, 0.15) is 50.3 Å². The summed E-state index contributed by atoms with van der Waals surface area (Å²) in [6.07, 6.45) is 2.57. The number of nitrogens with zero attached hydrogens (tertiary/aromatic N) is 1. The van der Waals surface area contributed by atoms with Crippen molar-refractivity contribution in [3.8, 4) is 0 Å². The van der Waals surface area contributed by atoms with Crippen molar-refractivity contribution in [2.75, 3.05) is 23.3 Å². The predicted octanol–water partition coefficient (Wildman–Crippen LogP) is 6.36. The lowest BCUT2D eigenvalue weighted by molar-refractivity contribution is -0.114. The summed E-state index contributed by atoms with van der Waals surface area (Å²) in [6, 6.07) is 21.7. The third kappa shape index (κ3) is 3.09. The van der Waals surface area contributed by atoms with Crippen molar-refractivity contribution in [3.05, 3.63) is 77.4 Å². The zero-order chi connectivity index (χ0) is 20.7. The van der Waals surface area contributed by atoms with Crippen molar-refractivity contribution < 1.29 is 4.79 Å². The van der Waals surface area contributed by atoms with Crippen LogP contribution >= 0.6 is 0 Å². The average molecular weight is 397 g/mol. The Morgan fingerprint density at radius 1 is 0.933 bits per heavy atom. The van der Waals surface area contributed by atoms with Gasteiger partial charge in [0.1, 0.15) is 0 Å². The number of hydrogen-bond donors (Lipinski definition) is 1. The molecule has 5 rings (SSSR count). The number of benzene rings is 3. The van der Waals surface area contributed by atoms with E-state index in [2.05, 4.69) is 84.7 Å². The molecule has 0 fully saturated rings. The molecule has 0 unspecified atom stereocenters. The van der Waals surface area contributed by atoms with E-state index in [0.717, 1.165) is 42.8 Å². The van der Waals surface area contributed by atoms with Gasteiger partial charge in [-0.25, -0.2) is 0 Å². The molecule has 3 heteroatoms. The first-order valence-electron chi connectivity index (χ1n) is 11.1. The van der Waals surface area contributed by atoms with E-state index in [-0.39, 0.29) is 6.04 Å². The van der Waals surface area contributed by atoms with Crippen molar-refractivity contribution in [3.63, 3.8) is 0 Å². The van der Waals surface area contributed by atoms with Crippen LogP contribution < -0.4 is 10.2 Å². The Labute approximate surface area is 178 Å². The van der Waals surface area contributed by atoms with Crippen molar-refractivity contribution in [2.24, 2.45) is 0 Å². The van der Waals surface area contributed by atoms with Gasteiger partial charge in [-0.3, -0.25) is 4.79 Å². The van der Waals surface area contributed by atoms with Gasteiger partial charge in [-0.1, -0.05) is 36.4 Å². The van der Waals surface area contributed by atoms with Crippen LogP contribution in [0, 0.1) is 0 Å². The first kappa shape index (κ1) is 18.9. The second-order valence-electron chi connectivity index (χ2n) is 8.26. The van der Waals surface area contributed by atoms with E-state index in [0.29, 0.717) is 12.2 Å². The molecule has 2 aliphatic rings. The van der Waals surface area contributed by atoms with E-state index in [4.69, 9.17) is 0 Å². The molecule has 0 spiro atoms. The van der Waals surface area contributed by atoms with Gasteiger partial charge in [0.2, 0.25) is 0 Å². The Morgan fingerprint density at radius 2 is 1.63 bits per heavy atom. The number of carbonyl (C=O) groups excluding carboxylic acids is 1. The minimum Gasteiger partial charge on any atom is -0.374 e. The van der Waals surface area contributed by atoms with Crippen LogP contribution in [-0.4, -0.2) is 18.9 Å². The van der Waals surface area contributed by atoms with Crippen molar-refractivity contribution in [2.45, 2.75) is 39.2 Å². The fourth-order valence-corrected chi connectivity index (χ4v) is 5.04. The number of anilines is 2. The van der Waals surface area contributed by atoms with Crippen LogP contribution in [0.15, 0.2) is 66.2 Å². The van der Waals surface area contributed by atoms with Gasteiger partial charge in [0.05, 0.1) is 6.04 Å². The van der Waals surface area contributed by atoms with E-state index >= 15 is 0 Å². The lowest BCUT2D eigenvalue weighted by Gasteiger charge is -2.35. The van der Waals surface area contributed by atoms with Gasteiger partial charge < -0.3 is 10.2 Å². The molecule has 0 radical (unpaired) electrons. The zero-order valence-corrected chi connectivity index (χ0v) is 17.7. The van der Waals surface area contributed by atoms with Crippen molar-refractivity contribution in [1.29, 1.82) is 0 Å². The first-order chi connectivity index (χ1) is 14.7. The van der Waals surface area contributed by atoms with Crippen molar-refractivity contribution in [1.82, 2.24) is 0 Å². The number of hydrogen-bond acceptors (Lipinski definition) is 3. The number of rotatable bonds is 4. The molecule has 0 saturated heterocycles. The standard InChI is InChI=1S/C27H28N2O/c1-3-29(4-2)21-14-12-18(13-15-21)27-22-10-7-11-25(30)26(22)23-16-19-8-5-6-9-20(19)17-24(23)28-27/h5-6,8-9,12-17,27-28H,3-4,7,10-11H2,1-2H3/t27-/m0/s1. The third-order valence-electron chi connectivity index (χ3n) is 6.61. The normalized spacial score (nSPS) is 18.1. The van der Waals surface area contributed by atoms with Crippen LogP contribution in [0.2, 0.25) is 0 Å². The van der Waals surface area contributed by atoms with Gasteiger partial charge in [-0.15, -0.1) is 0 Å². The van der Waals surface area contributed by atoms with Gasteiger partial charge in [0.25, 0.3) is 0 Å². The molecule has 30 heavy (non-hydrogen) atoms. The molecule has 0 saturated carbocycles. The summed E-state index contributed by atoms with van der Waals surface area (Å²) in [4.78, 5) is 15.4. The molecule has 1 atom stereocenters. The highest BCUT2D eigenvalue weighted by atomic mass is 16.1. The summed E-state index contributed by atoms with van der Waals surface area (Å²) in [5, 5.41) is 6.16. The second-order valence-corrected chi connectivity index (χ2v) is 8.26. The molecule has 1 N–H and O–H groups in total. The summed E-state index contributed by atoms with van der Waals surface area (Å²) in [5.74, 6) is 0.291. The monoisotopic (exact) mass is 396 g/mol. The molecular formula is C27H28N2O. The Bertz CT molecular complexity index is 1140. The lowest BCUT2D eigenvalue weighted by atomic mass is 9.77. The van der Waals surface area contributed by atoms with Crippen molar-refractivity contribution >= 4 is 33.5 Å². The Kier molecular flexibility index (Phi) is 4.82. The maximum absolute atomic E-state index is 13.0. The molecule has 3 aromatic rings. The Balaban J connectivity index is 1.62. The van der Waals surface area contributed by atoms with Gasteiger partial charge >= 0.3 is 0 Å². The maximum Gasteiger partial charge on any atom is 0.163 e. The van der Waals surface area contributed by atoms with Gasteiger partial charge in [0.15, 0.2) is 5.78 Å². The molecule has 0 bridgehead atoms. The quantitative estimate of drug-likeness (QED) is 0.557. The number of carbonyl (C=O) groups is 1. The summed E-state index contributed by atoms with van der Waals surface area (Å²) in [7, 11) is 0. The van der Waals surface area contributed by atoms with Crippen LogP contribution in [0.4, 0.5) is 11.4 Å². The van der Waals surface area contributed by atoms with E-state index in [9.17, 15) is 4.79 Å².